The number of likely N-dealkylation sites (N-methyl/N-ethyl adjacent to an activating group) is 1. The molecule has 2 heterocycles. The Hall–Kier alpha value is -2.73. The first-order valence-corrected chi connectivity index (χ1v) is 14.3. The van der Waals surface area contributed by atoms with E-state index in [-0.39, 0.29) is 24.3 Å². The van der Waals surface area contributed by atoms with Gasteiger partial charge in [-0.3, -0.25) is 28.8 Å². The number of aliphatic hydroxyl groups is 1. The molecular weight excluding hydrogens is 506 g/mol. The quantitative estimate of drug-likeness (QED) is 0.166. The number of piperidine rings is 1. The summed E-state index contributed by atoms with van der Waals surface area (Å²) in [4.78, 5) is 73.5. The van der Waals surface area contributed by atoms with Crippen LogP contribution in [0.4, 0.5) is 0 Å². The van der Waals surface area contributed by atoms with Gasteiger partial charge < -0.3 is 26.0 Å². The Kier molecular flexibility index (Phi) is 13.1. The number of unbranched alkanes of at least 4 members (excludes halogenated alkanes) is 2. The molecule has 0 saturated carbocycles. The number of rotatable bonds is 11. The topological polar surface area (TPSA) is 157 Å². The van der Waals surface area contributed by atoms with Crippen LogP contribution in [0.15, 0.2) is 0 Å². The van der Waals surface area contributed by atoms with Gasteiger partial charge in [-0.15, -0.1) is 0 Å². The van der Waals surface area contributed by atoms with Gasteiger partial charge in [0.2, 0.25) is 17.7 Å². The third kappa shape index (κ3) is 8.89. The predicted molar refractivity (Wildman–Crippen MR) is 144 cm³/mol. The molecule has 2 fully saturated rings. The van der Waals surface area contributed by atoms with Crippen LogP contribution >= 0.6 is 0 Å². The van der Waals surface area contributed by atoms with E-state index in [1.165, 1.54) is 19.1 Å². The predicted octanol–water partition coefficient (Wildman–Crippen LogP) is 0.623. The van der Waals surface area contributed by atoms with Crippen molar-refractivity contribution in [2.45, 2.75) is 115 Å². The van der Waals surface area contributed by atoms with Crippen LogP contribution < -0.4 is 16.0 Å². The molecule has 5 amide bonds. The Bertz CT molecular complexity index is 869. The van der Waals surface area contributed by atoms with E-state index < -0.39 is 47.8 Å². The van der Waals surface area contributed by atoms with Crippen molar-refractivity contribution >= 4 is 29.5 Å². The van der Waals surface area contributed by atoms with Gasteiger partial charge in [-0.1, -0.05) is 46.5 Å². The lowest BCUT2D eigenvalue weighted by atomic mass is 9.93. The molecule has 222 valence electrons. The molecule has 2 aliphatic rings. The fourth-order valence-electron chi connectivity index (χ4n) is 4.97. The molecule has 0 aromatic heterocycles. The van der Waals surface area contributed by atoms with E-state index in [4.69, 9.17) is 4.84 Å². The summed E-state index contributed by atoms with van der Waals surface area (Å²) in [5.41, 5.74) is 0. The molecule has 0 aromatic rings. The van der Waals surface area contributed by atoms with Gasteiger partial charge in [0.1, 0.15) is 18.1 Å². The lowest BCUT2D eigenvalue weighted by Gasteiger charge is -2.39. The fourth-order valence-corrected chi connectivity index (χ4v) is 4.97. The van der Waals surface area contributed by atoms with E-state index in [9.17, 15) is 29.1 Å². The third-order valence-corrected chi connectivity index (χ3v) is 7.88. The number of hydroxylamine groups is 2. The first kappa shape index (κ1) is 32.5. The van der Waals surface area contributed by atoms with E-state index in [0.29, 0.717) is 38.6 Å². The van der Waals surface area contributed by atoms with Crippen molar-refractivity contribution in [3.05, 3.63) is 0 Å². The van der Waals surface area contributed by atoms with Crippen LogP contribution in [0.2, 0.25) is 0 Å². The van der Waals surface area contributed by atoms with Gasteiger partial charge in [-0.2, -0.15) is 0 Å². The average Bonchev–Trinajstić information content (AvgIpc) is 2.95. The third-order valence-electron chi connectivity index (χ3n) is 7.88. The number of fused-ring (bicyclic) bond motifs is 1. The lowest BCUT2D eigenvalue weighted by molar-refractivity contribution is -0.173. The van der Waals surface area contributed by atoms with Gasteiger partial charge in [0.05, 0.1) is 13.2 Å². The summed E-state index contributed by atoms with van der Waals surface area (Å²) in [6.45, 7) is 5.98. The molecule has 2 aliphatic heterocycles. The van der Waals surface area contributed by atoms with Crippen molar-refractivity contribution in [1.82, 2.24) is 25.9 Å². The van der Waals surface area contributed by atoms with E-state index in [1.807, 2.05) is 20.8 Å². The highest BCUT2D eigenvalue weighted by molar-refractivity contribution is 6.08. The Morgan fingerprint density at radius 2 is 1.74 bits per heavy atom. The number of hydrogen-bond acceptors (Lipinski definition) is 7. The lowest BCUT2D eigenvalue weighted by Crippen LogP contribution is -2.65. The summed E-state index contributed by atoms with van der Waals surface area (Å²) in [5, 5.41) is 18.6. The van der Waals surface area contributed by atoms with Crippen molar-refractivity contribution in [2.24, 2.45) is 5.92 Å². The molecule has 0 spiro atoms. The van der Waals surface area contributed by atoms with Crippen LogP contribution in [0.3, 0.4) is 0 Å². The second-order valence-electron chi connectivity index (χ2n) is 10.6. The molecule has 2 unspecified atom stereocenters. The Morgan fingerprint density at radius 3 is 2.38 bits per heavy atom. The minimum atomic E-state index is -1.66. The minimum Gasteiger partial charge on any atom is -0.393 e. The molecule has 6 atom stereocenters. The molecule has 0 bridgehead atoms. The summed E-state index contributed by atoms with van der Waals surface area (Å²) in [7, 11) is 2.57. The standard InChI is InChI=1S/C27H47N5O7/c1-6-17(3)21-27(38)32-16-12-11-15-20(32)24(35)28-19(14-10-8-9-13-18(33)7-2)23(34)30-22(25(36)29-21)26(37)31(4)39-5/h17-22,33H,6-16H2,1-5H3,(H,28,35)(H,29,36)(H,30,34)/t17?,18?,19-,20+,21-,22-/m0/s1. The zero-order chi connectivity index (χ0) is 29.1. The maximum absolute atomic E-state index is 13.7. The average molecular weight is 554 g/mol. The van der Waals surface area contributed by atoms with E-state index >= 15 is 0 Å². The minimum absolute atomic E-state index is 0.276. The highest BCUT2D eigenvalue weighted by Gasteiger charge is 2.42. The maximum Gasteiger partial charge on any atom is 0.278 e. The molecule has 2 rings (SSSR count). The number of nitrogens with zero attached hydrogens (tertiary/aromatic N) is 2. The zero-order valence-electron chi connectivity index (χ0n) is 24.0. The van der Waals surface area contributed by atoms with Gasteiger partial charge in [0, 0.05) is 13.6 Å². The normalized spacial score (nSPS) is 26.3. The maximum atomic E-state index is 13.7. The molecule has 4 N–H and O–H groups in total. The monoisotopic (exact) mass is 553 g/mol. The van der Waals surface area contributed by atoms with Crippen molar-refractivity contribution < 1.29 is 33.9 Å². The highest BCUT2D eigenvalue weighted by Crippen LogP contribution is 2.22. The van der Waals surface area contributed by atoms with Gasteiger partial charge in [-0.05, 0) is 44.4 Å². The first-order valence-electron chi connectivity index (χ1n) is 14.3. The van der Waals surface area contributed by atoms with Crippen LogP contribution in [0.5, 0.6) is 0 Å². The fraction of sp³-hybridized carbons (Fsp3) is 0.815. The van der Waals surface area contributed by atoms with Crippen molar-refractivity contribution in [3.8, 4) is 0 Å². The summed E-state index contributed by atoms with van der Waals surface area (Å²) in [6, 6.07) is -4.38. The highest BCUT2D eigenvalue weighted by atomic mass is 16.7. The van der Waals surface area contributed by atoms with Crippen LogP contribution in [0.25, 0.3) is 0 Å². The largest absolute Gasteiger partial charge is 0.393 e. The van der Waals surface area contributed by atoms with E-state index in [0.717, 1.165) is 30.7 Å². The van der Waals surface area contributed by atoms with Crippen LogP contribution in [0.1, 0.15) is 85.0 Å². The summed E-state index contributed by atoms with van der Waals surface area (Å²) in [5.74, 6) is -3.36. The Balaban J connectivity index is 2.38. The molecule has 0 radical (unpaired) electrons. The molecule has 0 aromatic carbocycles. The molecule has 39 heavy (non-hydrogen) atoms. The number of nitrogens with one attached hydrogen (secondary N) is 3. The molecule has 12 heteroatoms. The SMILES string of the molecule is CCC(O)CCCCC[C@@H]1NC(=O)[C@H]2CCCCN2C(=O)[C@H](C(C)CC)NC(=O)[C@@H](C(=O)N(C)OC)NC1=O. The summed E-state index contributed by atoms with van der Waals surface area (Å²) in [6.07, 6.45) is 5.83. The smallest absolute Gasteiger partial charge is 0.278 e. The number of aliphatic hydroxyl groups excluding tert-OH is 1. The zero-order valence-corrected chi connectivity index (χ0v) is 24.0. The Morgan fingerprint density at radius 1 is 1.03 bits per heavy atom. The molecule has 2 saturated heterocycles. The van der Waals surface area contributed by atoms with Gasteiger partial charge in [-0.25, -0.2) is 5.06 Å². The molecule has 0 aliphatic carbocycles. The number of amides is 5. The van der Waals surface area contributed by atoms with Crippen LogP contribution in [-0.4, -0.2) is 95.6 Å². The number of carbonyl (C=O) groups is 5. The van der Waals surface area contributed by atoms with Gasteiger partial charge in [0.25, 0.3) is 11.8 Å². The van der Waals surface area contributed by atoms with Crippen LogP contribution in [0, 0.1) is 5.92 Å². The van der Waals surface area contributed by atoms with Crippen LogP contribution in [-0.2, 0) is 28.8 Å². The molecule has 12 nitrogen and oxygen atoms in total. The van der Waals surface area contributed by atoms with Crippen molar-refractivity contribution in [3.63, 3.8) is 0 Å². The second-order valence-corrected chi connectivity index (χ2v) is 10.6. The molecular formula is C27H47N5O7. The van der Waals surface area contributed by atoms with E-state index in [1.54, 1.807) is 0 Å². The number of hydrogen-bond donors (Lipinski definition) is 4. The summed E-state index contributed by atoms with van der Waals surface area (Å²) >= 11 is 0. The van der Waals surface area contributed by atoms with Crippen molar-refractivity contribution in [1.29, 1.82) is 0 Å². The summed E-state index contributed by atoms with van der Waals surface area (Å²) < 4.78 is 0. The van der Waals surface area contributed by atoms with Gasteiger partial charge >= 0.3 is 0 Å². The first-order chi connectivity index (χ1) is 18.5. The van der Waals surface area contributed by atoms with E-state index in [2.05, 4.69) is 16.0 Å². The van der Waals surface area contributed by atoms with Gasteiger partial charge in [0.15, 0.2) is 6.04 Å². The second kappa shape index (κ2) is 15.8. The Labute approximate surface area is 231 Å². The number of carbonyl (C=O) groups excluding carboxylic acids is 5. The van der Waals surface area contributed by atoms with Crippen molar-refractivity contribution in [2.75, 3.05) is 20.7 Å².